The lowest BCUT2D eigenvalue weighted by Crippen LogP contribution is -2.45. The first-order valence-electron chi connectivity index (χ1n) is 6.07. The van der Waals surface area contributed by atoms with Crippen LogP contribution in [0, 0.1) is 0 Å². The van der Waals surface area contributed by atoms with Crippen LogP contribution >= 0.6 is 0 Å². The highest BCUT2D eigenvalue weighted by Gasteiger charge is 2.38. The normalized spacial score (nSPS) is 27.6. The molecule has 0 spiro atoms. The summed E-state index contributed by atoms with van der Waals surface area (Å²) in [6.07, 6.45) is 0.432. The summed E-state index contributed by atoms with van der Waals surface area (Å²) in [6.45, 7) is 3.27. The van der Waals surface area contributed by atoms with Gasteiger partial charge in [-0.05, 0) is 13.0 Å². The maximum absolute atomic E-state index is 10.3. The Bertz CT molecular complexity index is 423. The second-order valence-electron chi connectivity index (χ2n) is 4.78. The fourth-order valence-electron chi connectivity index (χ4n) is 2.12. The Labute approximate surface area is 106 Å². The predicted molar refractivity (Wildman–Crippen MR) is 66.5 cm³/mol. The number of phenolic OH excluding ortho intramolecular Hbond substituents is 2. The first-order chi connectivity index (χ1) is 8.51. The van der Waals surface area contributed by atoms with E-state index >= 15 is 0 Å². The number of aliphatic hydroxyl groups is 1. The van der Waals surface area contributed by atoms with E-state index in [0.29, 0.717) is 31.7 Å². The molecule has 1 aliphatic rings. The average molecular weight is 253 g/mol. The summed E-state index contributed by atoms with van der Waals surface area (Å²) in [4.78, 5) is 0. The molecule has 2 atom stereocenters. The lowest BCUT2D eigenvalue weighted by molar-refractivity contribution is -0.0263. The van der Waals surface area contributed by atoms with Crippen LogP contribution in [0.5, 0.6) is 11.5 Å². The first-order valence-corrected chi connectivity index (χ1v) is 6.07. The Hall–Kier alpha value is -1.30. The molecule has 100 valence electrons. The van der Waals surface area contributed by atoms with Crippen LogP contribution in [0.1, 0.15) is 18.9 Å². The third-order valence-electron chi connectivity index (χ3n) is 3.48. The van der Waals surface area contributed by atoms with Gasteiger partial charge >= 0.3 is 0 Å². The second-order valence-corrected chi connectivity index (χ2v) is 4.78. The number of aromatic hydroxyl groups is 2. The maximum Gasteiger partial charge on any atom is 0.123 e. The smallest absolute Gasteiger partial charge is 0.123 e. The van der Waals surface area contributed by atoms with Crippen molar-refractivity contribution >= 4 is 0 Å². The molecule has 4 N–H and O–H groups in total. The van der Waals surface area contributed by atoms with Crippen LogP contribution in [0.25, 0.3) is 0 Å². The fraction of sp³-hybridized carbons (Fsp3) is 0.538. The Morgan fingerprint density at radius 3 is 2.83 bits per heavy atom. The molecule has 0 bridgehead atoms. The molecule has 1 aromatic carbocycles. The number of benzene rings is 1. The van der Waals surface area contributed by atoms with Crippen LogP contribution in [0.4, 0.5) is 0 Å². The molecule has 0 aromatic heterocycles. The zero-order valence-corrected chi connectivity index (χ0v) is 10.4. The quantitative estimate of drug-likeness (QED) is 0.636. The molecule has 5 heteroatoms. The maximum atomic E-state index is 10.3. The summed E-state index contributed by atoms with van der Waals surface area (Å²) in [7, 11) is 0. The van der Waals surface area contributed by atoms with Crippen LogP contribution in [0.3, 0.4) is 0 Å². The molecule has 1 aliphatic heterocycles. The Kier molecular flexibility index (Phi) is 3.75. The van der Waals surface area contributed by atoms with Crippen molar-refractivity contribution in [1.29, 1.82) is 0 Å². The molecule has 1 saturated heterocycles. The highest BCUT2D eigenvalue weighted by molar-refractivity contribution is 5.38. The van der Waals surface area contributed by atoms with Gasteiger partial charge in [0.2, 0.25) is 0 Å². The van der Waals surface area contributed by atoms with Gasteiger partial charge in [-0.2, -0.15) is 0 Å². The van der Waals surface area contributed by atoms with Gasteiger partial charge in [0.05, 0.1) is 6.10 Å². The number of hydrogen-bond acceptors (Lipinski definition) is 5. The van der Waals surface area contributed by atoms with Crippen LogP contribution in [-0.2, 0) is 11.3 Å². The molecule has 0 amide bonds. The van der Waals surface area contributed by atoms with Gasteiger partial charge in [-0.15, -0.1) is 0 Å². The van der Waals surface area contributed by atoms with Gasteiger partial charge < -0.3 is 25.4 Å². The topological polar surface area (TPSA) is 82.0 Å². The summed E-state index contributed by atoms with van der Waals surface area (Å²) in [5, 5.41) is 32.2. The monoisotopic (exact) mass is 253 g/mol. The van der Waals surface area contributed by atoms with Gasteiger partial charge in [-0.3, -0.25) is 0 Å². The van der Waals surface area contributed by atoms with E-state index in [4.69, 9.17) is 4.74 Å². The molecule has 18 heavy (non-hydrogen) atoms. The first kappa shape index (κ1) is 13.1. The highest BCUT2D eigenvalue weighted by Crippen LogP contribution is 2.26. The van der Waals surface area contributed by atoms with Crippen LogP contribution in [-0.4, -0.2) is 40.2 Å². The third kappa shape index (κ3) is 2.75. The minimum Gasteiger partial charge on any atom is -0.508 e. The fourth-order valence-corrected chi connectivity index (χ4v) is 2.12. The van der Waals surface area contributed by atoms with E-state index in [1.165, 1.54) is 12.1 Å². The molecule has 1 fully saturated rings. The van der Waals surface area contributed by atoms with Gasteiger partial charge in [0.1, 0.15) is 17.1 Å². The lowest BCUT2D eigenvalue weighted by Gasteiger charge is -2.26. The van der Waals surface area contributed by atoms with Crippen molar-refractivity contribution in [3.8, 4) is 11.5 Å². The van der Waals surface area contributed by atoms with Crippen molar-refractivity contribution < 1.29 is 20.1 Å². The SMILES string of the molecule is CC1OCCC1(O)CNCc1ccc(O)cc1O. The van der Waals surface area contributed by atoms with Crippen molar-refractivity contribution in [1.82, 2.24) is 5.32 Å². The third-order valence-corrected chi connectivity index (χ3v) is 3.48. The van der Waals surface area contributed by atoms with Crippen LogP contribution in [0.15, 0.2) is 18.2 Å². The number of phenols is 2. The zero-order valence-electron chi connectivity index (χ0n) is 10.4. The largest absolute Gasteiger partial charge is 0.508 e. The van der Waals surface area contributed by atoms with Crippen molar-refractivity contribution in [3.63, 3.8) is 0 Å². The van der Waals surface area contributed by atoms with Gasteiger partial charge in [0, 0.05) is 37.7 Å². The van der Waals surface area contributed by atoms with Gasteiger partial charge in [0.25, 0.3) is 0 Å². The number of ether oxygens (including phenoxy) is 1. The summed E-state index contributed by atoms with van der Waals surface area (Å²) in [5.41, 5.74) is -0.157. The standard InChI is InChI=1S/C13H19NO4/c1-9-13(17,4-5-18-9)8-14-7-10-2-3-11(15)6-12(10)16/h2-3,6,9,14-17H,4-5,7-8H2,1H3. The number of hydrogen-bond donors (Lipinski definition) is 4. The van der Waals surface area contributed by atoms with Crippen LogP contribution in [0.2, 0.25) is 0 Å². The number of rotatable bonds is 4. The zero-order chi connectivity index (χ0) is 13.2. The summed E-state index contributed by atoms with van der Waals surface area (Å²) in [5.74, 6) is 0.0814. The molecule has 1 heterocycles. The van der Waals surface area contributed by atoms with E-state index in [2.05, 4.69) is 5.32 Å². The highest BCUT2D eigenvalue weighted by atomic mass is 16.5. The van der Waals surface area contributed by atoms with Gasteiger partial charge in [0.15, 0.2) is 0 Å². The molecule has 2 unspecified atom stereocenters. The minimum atomic E-state index is -0.841. The molecule has 0 aliphatic carbocycles. The van der Waals surface area contributed by atoms with Gasteiger partial charge in [-0.1, -0.05) is 6.07 Å². The van der Waals surface area contributed by atoms with E-state index in [-0.39, 0.29) is 17.6 Å². The summed E-state index contributed by atoms with van der Waals surface area (Å²) >= 11 is 0. The van der Waals surface area contributed by atoms with Crippen molar-refractivity contribution in [2.45, 2.75) is 31.6 Å². The molecule has 0 radical (unpaired) electrons. The van der Waals surface area contributed by atoms with E-state index in [0.717, 1.165) is 0 Å². The summed E-state index contributed by atoms with van der Waals surface area (Å²) in [6, 6.07) is 4.47. The Morgan fingerprint density at radius 1 is 1.44 bits per heavy atom. The van der Waals surface area contributed by atoms with E-state index < -0.39 is 5.60 Å². The molecule has 2 rings (SSSR count). The van der Waals surface area contributed by atoms with Crippen molar-refractivity contribution in [3.05, 3.63) is 23.8 Å². The Balaban J connectivity index is 1.88. The second kappa shape index (κ2) is 5.14. The molecule has 0 saturated carbocycles. The van der Waals surface area contributed by atoms with Crippen molar-refractivity contribution in [2.24, 2.45) is 0 Å². The predicted octanol–water partition coefficient (Wildman–Crippen LogP) is 0.727. The van der Waals surface area contributed by atoms with E-state index in [1.54, 1.807) is 6.07 Å². The van der Waals surface area contributed by atoms with E-state index in [9.17, 15) is 15.3 Å². The molecular formula is C13H19NO4. The minimum absolute atomic E-state index is 0.0349. The Morgan fingerprint density at radius 2 is 2.22 bits per heavy atom. The molecular weight excluding hydrogens is 234 g/mol. The van der Waals surface area contributed by atoms with Gasteiger partial charge in [-0.25, -0.2) is 0 Å². The lowest BCUT2D eigenvalue weighted by atomic mass is 9.96. The molecule has 1 aromatic rings. The summed E-state index contributed by atoms with van der Waals surface area (Å²) < 4.78 is 5.34. The average Bonchev–Trinajstić information content (AvgIpc) is 2.63. The van der Waals surface area contributed by atoms with Crippen molar-refractivity contribution in [2.75, 3.05) is 13.2 Å². The number of nitrogens with one attached hydrogen (secondary N) is 1. The molecule has 5 nitrogen and oxygen atoms in total. The van der Waals surface area contributed by atoms with E-state index in [1.807, 2.05) is 6.92 Å². The van der Waals surface area contributed by atoms with Crippen LogP contribution < -0.4 is 5.32 Å².